The van der Waals surface area contributed by atoms with Crippen molar-refractivity contribution in [2.45, 2.75) is 5.41 Å². The molecule has 0 N–H and O–H groups in total. The number of fused-ring (bicyclic) bond motifs is 13. The molecule has 0 atom stereocenters. The molecule has 2 aliphatic carbocycles. The lowest BCUT2D eigenvalue weighted by Crippen LogP contribution is -2.26. The van der Waals surface area contributed by atoms with Gasteiger partial charge in [0, 0.05) is 0 Å². The van der Waals surface area contributed by atoms with Crippen LogP contribution in [0.15, 0.2) is 121 Å². The van der Waals surface area contributed by atoms with E-state index in [2.05, 4.69) is 121 Å². The third-order valence-electron chi connectivity index (χ3n) is 7.84. The van der Waals surface area contributed by atoms with E-state index in [0.717, 1.165) is 0 Å². The Morgan fingerprint density at radius 3 is 1.67 bits per heavy atom. The Morgan fingerprint density at radius 1 is 0.364 bits per heavy atom. The van der Waals surface area contributed by atoms with E-state index in [4.69, 9.17) is 0 Å². The molecule has 0 aliphatic heterocycles. The van der Waals surface area contributed by atoms with Crippen molar-refractivity contribution in [2.75, 3.05) is 0 Å². The summed E-state index contributed by atoms with van der Waals surface area (Å²) in [6.45, 7) is 0. The minimum Gasteiger partial charge on any atom is -0.0619 e. The van der Waals surface area contributed by atoms with Crippen molar-refractivity contribution in [3.8, 4) is 22.3 Å². The van der Waals surface area contributed by atoms with Gasteiger partial charge in [-0.3, -0.25) is 0 Å². The third kappa shape index (κ3) is 1.98. The van der Waals surface area contributed by atoms with E-state index in [9.17, 15) is 0 Å². The van der Waals surface area contributed by atoms with E-state index in [1.807, 2.05) is 0 Å². The van der Waals surface area contributed by atoms with Gasteiger partial charge >= 0.3 is 0 Å². The summed E-state index contributed by atoms with van der Waals surface area (Å²) in [5.74, 6) is 0. The Kier molecular flexibility index (Phi) is 3.16. The summed E-state index contributed by atoms with van der Waals surface area (Å²) in [6, 6.07) is 45.2. The molecular weight excluding hydrogens is 396 g/mol. The summed E-state index contributed by atoms with van der Waals surface area (Å²) in [5.41, 5.74) is 10.8. The van der Waals surface area contributed by atoms with E-state index < -0.39 is 0 Å². The highest BCUT2D eigenvalue weighted by Gasteiger charge is 2.52. The molecule has 2 aliphatic rings. The van der Waals surface area contributed by atoms with Crippen molar-refractivity contribution in [2.24, 2.45) is 0 Å². The first-order valence-electron chi connectivity index (χ1n) is 11.6. The Bertz CT molecular complexity index is 1720. The SMILES string of the molecule is c1ccc2c(c1)-c1ccccc1C21c2cc3ccccc3cc2-c2ccc3ccccc3c21. The average molecular weight is 417 g/mol. The van der Waals surface area contributed by atoms with Gasteiger partial charge in [-0.05, 0) is 78.2 Å². The lowest BCUT2D eigenvalue weighted by Gasteiger charge is -2.31. The zero-order valence-corrected chi connectivity index (χ0v) is 18.0. The maximum absolute atomic E-state index is 2.46. The molecule has 0 heteroatoms. The van der Waals surface area contributed by atoms with Gasteiger partial charge in [0.25, 0.3) is 0 Å². The molecule has 33 heavy (non-hydrogen) atoms. The normalized spacial score (nSPS) is 14.3. The second kappa shape index (κ2) is 5.99. The fourth-order valence-corrected chi connectivity index (χ4v) is 6.60. The van der Waals surface area contributed by atoms with Gasteiger partial charge in [-0.25, -0.2) is 0 Å². The smallest absolute Gasteiger partial charge is 0.0619 e. The molecule has 0 fully saturated rings. The molecule has 0 bridgehead atoms. The Labute approximate surface area is 192 Å². The first kappa shape index (κ1) is 17.4. The standard InChI is InChI=1S/C33H20/c1-2-11-23-20-31-28(19-22(23)10-1)27-18-17-21-9-3-4-12-24(21)32(27)33(31)29-15-7-5-13-25(29)26-14-6-8-16-30(26)33/h1-20H. The summed E-state index contributed by atoms with van der Waals surface area (Å²) in [6.07, 6.45) is 0. The molecule has 0 nitrogen and oxygen atoms in total. The van der Waals surface area contributed by atoms with Gasteiger partial charge in [-0.2, -0.15) is 0 Å². The molecule has 1 spiro atoms. The van der Waals surface area contributed by atoms with Gasteiger partial charge in [-0.15, -0.1) is 0 Å². The van der Waals surface area contributed by atoms with E-state index in [1.165, 1.54) is 66.1 Å². The van der Waals surface area contributed by atoms with Crippen LogP contribution in [0.2, 0.25) is 0 Å². The maximum atomic E-state index is 2.46. The van der Waals surface area contributed by atoms with Crippen LogP contribution >= 0.6 is 0 Å². The fourth-order valence-electron chi connectivity index (χ4n) is 6.60. The van der Waals surface area contributed by atoms with Gasteiger partial charge in [0.1, 0.15) is 0 Å². The van der Waals surface area contributed by atoms with Gasteiger partial charge in [0.15, 0.2) is 0 Å². The van der Waals surface area contributed by atoms with E-state index in [-0.39, 0.29) is 5.41 Å². The minimum absolute atomic E-state index is 0.303. The first-order chi connectivity index (χ1) is 16.4. The Morgan fingerprint density at radius 2 is 0.939 bits per heavy atom. The van der Waals surface area contributed by atoms with Crippen molar-refractivity contribution in [1.82, 2.24) is 0 Å². The maximum Gasteiger partial charge on any atom is 0.0731 e. The number of rotatable bonds is 0. The third-order valence-corrected chi connectivity index (χ3v) is 7.84. The van der Waals surface area contributed by atoms with E-state index in [1.54, 1.807) is 0 Å². The van der Waals surface area contributed by atoms with Crippen molar-refractivity contribution in [1.29, 1.82) is 0 Å². The largest absolute Gasteiger partial charge is 0.0731 e. The van der Waals surface area contributed by atoms with Crippen LogP contribution in [-0.2, 0) is 5.41 Å². The molecule has 0 saturated carbocycles. The lowest BCUT2D eigenvalue weighted by atomic mass is 9.69. The summed E-state index contributed by atoms with van der Waals surface area (Å²) in [7, 11) is 0. The van der Waals surface area contributed by atoms with Gasteiger partial charge < -0.3 is 0 Å². The number of benzene rings is 6. The second-order valence-corrected chi connectivity index (χ2v) is 9.30. The first-order valence-corrected chi connectivity index (χ1v) is 11.6. The molecule has 0 saturated heterocycles. The van der Waals surface area contributed by atoms with Crippen LogP contribution in [0.25, 0.3) is 43.8 Å². The van der Waals surface area contributed by atoms with Crippen molar-refractivity contribution < 1.29 is 0 Å². The Balaban J connectivity index is 1.67. The molecular formula is C33H20. The van der Waals surface area contributed by atoms with Crippen LogP contribution in [0, 0.1) is 0 Å². The van der Waals surface area contributed by atoms with Crippen molar-refractivity contribution in [3.63, 3.8) is 0 Å². The quantitative estimate of drug-likeness (QED) is 0.233. The zero-order valence-electron chi connectivity index (χ0n) is 18.0. The number of hydrogen-bond acceptors (Lipinski definition) is 0. The van der Waals surface area contributed by atoms with Crippen LogP contribution < -0.4 is 0 Å². The highest BCUT2D eigenvalue weighted by Crippen LogP contribution is 2.64. The average Bonchev–Trinajstić information content (AvgIpc) is 3.34. The highest BCUT2D eigenvalue weighted by molar-refractivity contribution is 6.06. The van der Waals surface area contributed by atoms with Crippen LogP contribution in [0.4, 0.5) is 0 Å². The lowest BCUT2D eigenvalue weighted by molar-refractivity contribution is 0.802. The molecule has 8 rings (SSSR count). The van der Waals surface area contributed by atoms with Crippen LogP contribution in [0.1, 0.15) is 22.3 Å². The summed E-state index contributed by atoms with van der Waals surface area (Å²) in [5, 5.41) is 5.25. The molecule has 0 amide bonds. The molecule has 0 radical (unpaired) electrons. The van der Waals surface area contributed by atoms with Crippen LogP contribution in [0.5, 0.6) is 0 Å². The molecule has 152 valence electrons. The van der Waals surface area contributed by atoms with Crippen molar-refractivity contribution >= 4 is 21.5 Å². The summed E-state index contributed by atoms with van der Waals surface area (Å²) < 4.78 is 0. The molecule has 0 heterocycles. The van der Waals surface area contributed by atoms with E-state index >= 15 is 0 Å². The molecule has 6 aromatic carbocycles. The zero-order chi connectivity index (χ0) is 21.6. The monoisotopic (exact) mass is 416 g/mol. The second-order valence-electron chi connectivity index (χ2n) is 9.30. The van der Waals surface area contributed by atoms with Crippen LogP contribution in [0.3, 0.4) is 0 Å². The molecule has 0 aromatic heterocycles. The van der Waals surface area contributed by atoms with Crippen molar-refractivity contribution in [3.05, 3.63) is 144 Å². The van der Waals surface area contributed by atoms with Crippen LogP contribution in [-0.4, -0.2) is 0 Å². The fraction of sp³-hybridized carbons (Fsp3) is 0.0303. The summed E-state index contributed by atoms with van der Waals surface area (Å²) in [4.78, 5) is 0. The Hall–Kier alpha value is -4.16. The molecule has 6 aromatic rings. The van der Waals surface area contributed by atoms with Gasteiger partial charge in [0.05, 0.1) is 5.41 Å². The summed E-state index contributed by atoms with van der Waals surface area (Å²) >= 11 is 0. The predicted molar refractivity (Wildman–Crippen MR) is 138 cm³/mol. The predicted octanol–water partition coefficient (Wildman–Crippen LogP) is 8.34. The van der Waals surface area contributed by atoms with E-state index in [0.29, 0.717) is 0 Å². The molecule has 0 unspecified atom stereocenters. The minimum atomic E-state index is -0.303. The van der Waals surface area contributed by atoms with Gasteiger partial charge in [-0.1, -0.05) is 109 Å². The highest BCUT2D eigenvalue weighted by atomic mass is 14.5. The topological polar surface area (TPSA) is 0 Å². The van der Waals surface area contributed by atoms with Gasteiger partial charge in [0.2, 0.25) is 0 Å². The number of hydrogen-bond donors (Lipinski definition) is 0.